The number of rotatable bonds is 7. The van der Waals surface area contributed by atoms with Crippen LogP contribution in [0.3, 0.4) is 0 Å². The van der Waals surface area contributed by atoms with Gasteiger partial charge in [0, 0.05) is 5.69 Å². The standard InChI is InChI=1S/C21H24N2O4/c1-14(2)17-9-6-16(7-10-17)12-22-27-13-20(24)23-19-11-18(21(25)26-4)8-5-15(19)3/h5-12,14H,13H2,1-4H3,(H,23,24)/b22-12-. The molecular formula is C21H24N2O4. The van der Waals surface area contributed by atoms with Gasteiger partial charge in [0.25, 0.3) is 5.91 Å². The minimum absolute atomic E-state index is 0.234. The van der Waals surface area contributed by atoms with Crippen LogP contribution >= 0.6 is 0 Å². The summed E-state index contributed by atoms with van der Waals surface area (Å²) >= 11 is 0. The molecule has 0 unspecified atom stereocenters. The molecule has 6 nitrogen and oxygen atoms in total. The maximum Gasteiger partial charge on any atom is 0.337 e. The Hall–Kier alpha value is -3.15. The van der Waals surface area contributed by atoms with Crippen molar-refractivity contribution in [2.45, 2.75) is 26.7 Å². The van der Waals surface area contributed by atoms with Crippen LogP contribution < -0.4 is 5.32 Å². The third-order valence-corrected chi connectivity index (χ3v) is 4.01. The Kier molecular flexibility index (Phi) is 7.11. The third-order valence-electron chi connectivity index (χ3n) is 4.01. The molecule has 1 N–H and O–H groups in total. The molecule has 0 saturated heterocycles. The number of amides is 1. The molecular weight excluding hydrogens is 344 g/mol. The van der Waals surface area contributed by atoms with Gasteiger partial charge in [-0.15, -0.1) is 0 Å². The largest absolute Gasteiger partial charge is 0.465 e. The van der Waals surface area contributed by atoms with Crippen molar-refractivity contribution < 1.29 is 19.2 Å². The summed E-state index contributed by atoms with van der Waals surface area (Å²) in [6, 6.07) is 12.9. The number of carbonyl (C=O) groups is 2. The molecule has 2 rings (SSSR count). The van der Waals surface area contributed by atoms with E-state index in [1.54, 1.807) is 24.4 Å². The highest BCUT2D eigenvalue weighted by Gasteiger charge is 2.10. The molecule has 0 radical (unpaired) electrons. The summed E-state index contributed by atoms with van der Waals surface area (Å²) in [5, 5.41) is 6.52. The minimum Gasteiger partial charge on any atom is -0.465 e. The molecule has 0 bridgehead atoms. The van der Waals surface area contributed by atoms with E-state index in [2.05, 4.69) is 29.1 Å². The molecule has 142 valence electrons. The number of hydrogen-bond donors (Lipinski definition) is 1. The Morgan fingerprint density at radius 1 is 1.15 bits per heavy atom. The van der Waals surface area contributed by atoms with Crippen LogP contribution in [0.2, 0.25) is 0 Å². The van der Waals surface area contributed by atoms with Crippen LogP contribution in [0.25, 0.3) is 0 Å². The SMILES string of the molecule is COC(=O)c1ccc(C)c(NC(=O)CO/N=C\c2ccc(C(C)C)cc2)c1. The van der Waals surface area contributed by atoms with Gasteiger partial charge in [-0.05, 0) is 41.7 Å². The number of carbonyl (C=O) groups excluding carboxylic acids is 2. The van der Waals surface area contributed by atoms with E-state index in [1.807, 2.05) is 31.2 Å². The van der Waals surface area contributed by atoms with E-state index < -0.39 is 5.97 Å². The second kappa shape index (κ2) is 9.52. The second-order valence-corrected chi connectivity index (χ2v) is 6.40. The van der Waals surface area contributed by atoms with E-state index in [0.717, 1.165) is 11.1 Å². The van der Waals surface area contributed by atoms with Gasteiger partial charge < -0.3 is 14.9 Å². The molecule has 0 atom stereocenters. The topological polar surface area (TPSA) is 77.0 Å². The highest BCUT2D eigenvalue weighted by Crippen LogP contribution is 2.17. The maximum atomic E-state index is 12.0. The van der Waals surface area contributed by atoms with E-state index in [-0.39, 0.29) is 12.5 Å². The fourth-order valence-corrected chi connectivity index (χ4v) is 2.35. The van der Waals surface area contributed by atoms with Crippen LogP contribution in [0.4, 0.5) is 5.69 Å². The Morgan fingerprint density at radius 3 is 2.48 bits per heavy atom. The van der Waals surface area contributed by atoms with Gasteiger partial charge in [0.15, 0.2) is 6.61 Å². The first kappa shape index (κ1) is 20.2. The molecule has 0 spiro atoms. The summed E-state index contributed by atoms with van der Waals surface area (Å²) in [5.74, 6) is -0.362. The zero-order valence-corrected chi connectivity index (χ0v) is 16.0. The summed E-state index contributed by atoms with van der Waals surface area (Å²) < 4.78 is 4.68. The number of methoxy groups -OCH3 is 1. The molecule has 27 heavy (non-hydrogen) atoms. The average molecular weight is 368 g/mol. The van der Waals surface area contributed by atoms with E-state index in [0.29, 0.717) is 17.2 Å². The van der Waals surface area contributed by atoms with Crippen molar-refractivity contribution in [2.75, 3.05) is 19.0 Å². The summed E-state index contributed by atoms with van der Waals surface area (Å²) in [7, 11) is 1.31. The monoisotopic (exact) mass is 368 g/mol. The molecule has 0 aliphatic carbocycles. The number of hydrogen-bond acceptors (Lipinski definition) is 5. The summed E-state index contributed by atoms with van der Waals surface area (Å²) in [4.78, 5) is 28.7. The summed E-state index contributed by atoms with van der Waals surface area (Å²) in [6.45, 7) is 5.86. The number of oxime groups is 1. The van der Waals surface area contributed by atoms with Crippen molar-refractivity contribution in [1.82, 2.24) is 0 Å². The lowest BCUT2D eigenvalue weighted by Gasteiger charge is -2.09. The Labute approximate surface area is 159 Å². The normalized spacial score (nSPS) is 10.9. The van der Waals surface area contributed by atoms with Crippen molar-refractivity contribution in [1.29, 1.82) is 0 Å². The van der Waals surface area contributed by atoms with Gasteiger partial charge in [-0.3, -0.25) is 4.79 Å². The lowest BCUT2D eigenvalue weighted by atomic mass is 10.0. The van der Waals surface area contributed by atoms with E-state index in [9.17, 15) is 9.59 Å². The molecule has 0 aliphatic rings. The van der Waals surface area contributed by atoms with E-state index >= 15 is 0 Å². The van der Waals surface area contributed by atoms with Crippen LogP contribution in [0.5, 0.6) is 0 Å². The lowest BCUT2D eigenvalue weighted by molar-refractivity contribution is -0.120. The second-order valence-electron chi connectivity index (χ2n) is 6.40. The van der Waals surface area contributed by atoms with Crippen LogP contribution in [0.1, 0.15) is 46.8 Å². The van der Waals surface area contributed by atoms with E-state index in [1.165, 1.54) is 12.7 Å². The number of nitrogens with zero attached hydrogens (tertiary/aromatic N) is 1. The molecule has 2 aromatic rings. The number of aryl methyl sites for hydroxylation is 1. The van der Waals surface area contributed by atoms with Crippen molar-refractivity contribution >= 4 is 23.8 Å². The van der Waals surface area contributed by atoms with Crippen molar-refractivity contribution in [3.8, 4) is 0 Å². The van der Waals surface area contributed by atoms with Crippen molar-refractivity contribution in [3.05, 3.63) is 64.7 Å². The van der Waals surface area contributed by atoms with Crippen LogP contribution in [0.15, 0.2) is 47.6 Å². The van der Waals surface area contributed by atoms with Crippen LogP contribution in [-0.2, 0) is 14.4 Å². The first-order valence-corrected chi connectivity index (χ1v) is 8.65. The van der Waals surface area contributed by atoms with Crippen LogP contribution in [-0.4, -0.2) is 31.8 Å². The molecule has 0 aromatic heterocycles. The molecule has 6 heteroatoms. The van der Waals surface area contributed by atoms with Crippen LogP contribution in [0, 0.1) is 6.92 Å². The molecule has 0 heterocycles. The Balaban J connectivity index is 1.88. The number of ether oxygens (including phenoxy) is 1. The molecule has 0 aliphatic heterocycles. The van der Waals surface area contributed by atoms with Gasteiger partial charge in [0.05, 0.1) is 18.9 Å². The number of anilines is 1. The number of nitrogens with one attached hydrogen (secondary N) is 1. The van der Waals surface area contributed by atoms with Crippen molar-refractivity contribution in [3.63, 3.8) is 0 Å². The first-order valence-electron chi connectivity index (χ1n) is 8.65. The highest BCUT2D eigenvalue weighted by molar-refractivity contribution is 5.95. The quantitative estimate of drug-likeness (QED) is 0.457. The molecule has 0 saturated carbocycles. The summed E-state index contributed by atoms with van der Waals surface area (Å²) in [6.07, 6.45) is 1.56. The van der Waals surface area contributed by atoms with Crippen molar-refractivity contribution in [2.24, 2.45) is 5.16 Å². The fourth-order valence-electron chi connectivity index (χ4n) is 2.35. The lowest BCUT2D eigenvalue weighted by Crippen LogP contribution is -2.18. The predicted molar refractivity (Wildman–Crippen MR) is 105 cm³/mol. The van der Waals surface area contributed by atoms with Gasteiger partial charge in [0.1, 0.15) is 0 Å². The zero-order chi connectivity index (χ0) is 19.8. The van der Waals surface area contributed by atoms with Gasteiger partial charge in [0.2, 0.25) is 0 Å². The number of benzene rings is 2. The molecule has 2 aromatic carbocycles. The fraction of sp³-hybridized carbons (Fsp3) is 0.286. The Bertz CT molecular complexity index is 827. The first-order chi connectivity index (χ1) is 12.9. The zero-order valence-electron chi connectivity index (χ0n) is 16.0. The van der Waals surface area contributed by atoms with Gasteiger partial charge in [-0.1, -0.05) is 49.3 Å². The number of esters is 1. The third kappa shape index (κ3) is 5.95. The van der Waals surface area contributed by atoms with Gasteiger partial charge >= 0.3 is 5.97 Å². The average Bonchev–Trinajstić information content (AvgIpc) is 2.66. The van der Waals surface area contributed by atoms with Gasteiger partial charge in [-0.25, -0.2) is 4.79 Å². The molecule has 0 fully saturated rings. The molecule has 1 amide bonds. The van der Waals surface area contributed by atoms with E-state index in [4.69, 9.17) is 4.84 Å². The maximum absolute atomic E-state index is 12.0. The van der Waals surface area contributed by atoms with Gasteiger partial charge in [-0.2, -0.15) is 0 Å². The summed E-state index contributed by atoms with van der Waals surface area (Å²) in [5.41, 5.74) is 3.85. The minimum atomic E-state index is -0.463. The Morgan fingerprint density at radius 2 is 1.85 bits per heavy atom. The predicted octanol–water partition coefficient (Wildman–Crippen LogP) is 3.89. The highest BCUT2D eigenvalue weighted by atomic mass is 16.6. The smallest absolute Gasteiger partial charge is 0.337 e.